The summed E-state index contributed by atoms with van der Waals surface area (Å²) in [4.78, 5) is 3.97. The molecule has 0 aliphatic heterocycles. The first kappa shape index (κ1) is 11.9. The van der Waals surface area contributed by atoms with E-state index in [1.807, 2.05) is 12.1 Å². The molecule has 5 heteroatoms. The predicted octanol–water partition coefficient (Wildman–Crippen LogP) is 2.51. The van der Waals surface area contributed by atoms with Crippen LogP contribution < -0.4 is 5.73 Å². The van der Waals surface area contributed by atoms with Crippen molar-refractivity contribution in [3.05, 3.63) is 21.3 Å². The maximum Gasteiger partial charge on any atom is 0.0931 e. The highest BCUT2D eigenvalue weighted by Crippen LogP contribution is 2.22. The molecule has 2 nitrogen and oxygen atoms in total. The second-order valence-electron chi connectivity index (χ2n) is 2.98. The molecule has 1 heterocycles. The molecule has 0 aromatic carbocycles. The molecule has 14 heavy (non-hydrogen) atoms. The fourth-order valence-electron chi connectivity index (χ4n) is 1.16. The Hall–Kier alpha value is -0.160. The number of hydrogen-bond acceptors (Lipinski definition) is 3. The number of rotatable bonds is 5. The topological polar surface area (TPSA) is 29.3 Å². The molecule has 0 saturated heterocycles. The zero-order chi connectivity index (χ0) is 10.6. The summed E-state index contributed by atoms with van der Waals surface area (Å²) in [5.41, 5.74) is 5.49. The van der Waals surface area contributed by atoms with E-state index < -0.39 is 0 Å². The zero-order valence-electron chi connectivity index (χ0n) is 8.00. The molecule has 0 atom stereocenters. The summed E-state index contributed by atoms with van der Waals surface area (Å²) in [6.07, 6.45) is 0. The van der Waals surface area contributed by atoms with Crippen LogP contribution in [0.1, 0.15) is 11.8 Å². The number of thiophene rings is 1. The fourth-order valence-corrected chi connectivity index (χ4v) is 2.47. The molecule has 0 fully saturated rings. The molecule has 1 aromatic rings. The molecular formula is C9H13ClN2S2. The van der Waals surface area contributed by atoms with Crippen LogP contribution in [0.5, 0.6) is 0 Å². The Kier molecular flexibility index (Phi) is 4.81. The molecule has 1 aromatic heterocycles. The molecule has 0 aliphatic rings. The summed E-state index contributed by atoms with van der Waals surface area (Å²) in [5, 5.41) is 0. The Morgan fingerprint density at radius 1 is 1.64 bits per heavy atom. The van der Waals surface area contributed by atoms with Crippen molar-refractivity contribution in [2.45, 2.75) is 13.5 Å². The monoisotopic (exact) mass is 248 g/mol. The van der Waals surface area contributed by atoms with E-state index in [4.69, 9.17) is 29.6 Å². The molecule has 78 valence electrons. The summed E-state index contributed by atoms with van der Waals surface area (Å²) < 4.78 is 0.825. The maximum atomic E-state index is 5.84. The minimum absolute atomic E-state index is 0.537. The highest BCUT2D eigenvalue weighted by molar-refractivity contribution is 7.80. The van der Waals surface area contributed by atoms with Gasteiger partial charge in [0.15, 0.2) is 0 Å². The van der Waals surface area contributed by atoms with Crippen molar-refractivity contribution in [1.29, 1.82) is 0 Å². The van der Waals surface area contributed by atoms with Crippen LogP contribution in [0.2, 0.25) is 4.34 Å². The summed E-state index contributed by atoms with van der Waals surface area (Å²) in [6.45, 7) is 4.56. The quantitative estimate of drug-likeness (QED) is 0.812. The van der Waals surface area contributed by atoms with Gasteiger partial charge in [0.2, 0.25) is 0 Å². The molecule has 1 rings (SSSR count). The van der Waals surface area contributed by atoms with Crippen molar-refractivity contribution < 1.29 is 0 Å². The number of thiocarbonyl (C=S) groups is 1. The van der Waals surface area contributed by atoms with Gasteiger partial charge in [-0.15, -0.1) is 11.3 Å². The number of nitrogens with two attached hydrogens (primary N) is 1. The van der Waals surface area contributed by atoms with Crippen molar-refractivity contribution in [2.75, 3.05) is 13.1 Å². The predicted molar refractivity (Wildman–Crippen MR) is 67.1 cm³/mol. The van der Waals surface area contributed by atoms with Gasteiger partial charge in [0.1, 0.15) is 0 Å². The van der Waals surface area contributed by atoms with Crippen LogP contribution in [-0.2, 0) is 6.54 Å². The van der Waals surface area contributed by atoms with Gasteiger partial charge < -0.3 is 5.73 Å². The lowest BCUT2D eigenvalue weighted by Gasteiger charge is -2.18. The normalized spacial score (nSPS) is 10.8. The molecule has 2 N–H and O–H groups in total. The molecule has 0 radical (unpaired) electrons. The Balaban J connectivity index is 2.52. The van der Waals surface area contributed by atoms with E-state index in [2.05, 4.69) is 11.8 Å². The second-order valence-corrected chi connectivity index (χ2v) is 5.30. The van der Waals surface area contributed by atoms with Crippen LogP contribution in [0.25, 0.3) is 0 Å². The first-order valence-corrected chi connectivity index (χ1v) is 5.97. The van der Waals surface area contributed by atoms with E-state index in [9.17, 15) is 0 Å². The smallest absolute Gasteiger partial charge is 0.0931 e. The SMILES string of the molecule is CCN(CC(N)=S)Cc1ccc(Cl)s1. The number of nitrogens with zero attached hydrogens (tertiary/aromatic N) is 1. The summed E-state index contributed by atoms with van der Waals surface area (Å²) in [5.74, 6) is 0. The van der Waals surface area contributed by atoms with Crippen molar-refractivity contribution in [1.82, 2.24) is 4.90 Å². The number of hydrogen-bond donors (Lipinski definition) is 1. The third-order valence-electron chi connectivity index (χ3n) is 1.83. The third-order valence-corrected chi connectivity index (χ3v) is 3.18. The fraction of sp³-hybridized carbons (Fsp3) is 0.444. The summed E-state index contributed by atoms with van der Waals surface area (Å²) >= 11 is 12.3. The highest BCUT2D eigenvalue weighted by atomic mass is 35.5. The minimum atomic E-state index is 0.537. The Morgan fingerprint density at radius 2 is 2.36 bits per heavy atom. The first-order valence-electron chi connectivity index (χ1n) is 4.36. The van der Waals surface area contributed by atoms with Crippen molar-refractivity contribution in [2.24, 2.45) is 5.73 Å². The van der Waals surface area contributed by atoms with Crippen molar-refractivity contribution in [3.63, 3.8) is 0 Å². The van der Waals surface area contributed by atoms with Gasteiger partial charge in [-0.25, -0.2) is 0 Å². The largest absolute Gasteiger partial charge is 0.392 e. The van der Waals surface area contributed by atoms with Crippen LogP contribution >= 0.6 is 35.2 Å². The van der Waals surface area contributed by atoms with Crippen LogP contribution in [0.4, 0.5) is 0 Å². The summed E-state index contributed by atoms with van der Waals surface area (Å²) in [7, 11) is 0. The van der Waals surface area contributed by atoms with E-state index in [-0.39, 0.29) is 0 Å². The van der Waals surface area contributed by atoms with E-state index in [0.29, 0.717) is 11.5 Å². The molecule has 0 unspecified atom stereocenters. The average molecular weight is 249 g/mol. The minimum Gasteiger partial charge on any atom is -0.392 e. The lowest BCUT2D eigenvalue weighted by Crippen LogP contribution is -2.31. The zero-order valence-corrected chi connectivity index (χ0v) is 10.4. The van der Waals surface area contributed by atoms with Gasteiger partial charge in [0, 0.05) is 18.0 Å². The maximum absolute atomic E-state index is 5.84. The first-order chi connectivity index (χ1) is 6.61. The average Bonchev–Trinajstić information content (AvgIpc) is 2.49. The molecule has 0 saturated carbocycles. The van der Waals surface area contributed by atoms with Gasteiger partial charge in [0.05, 0.1) is 9.32 Å². The molecule has 0 amide bonds. The van der Waals surface area contributed by atoms with E-state index in [0.717, 1.165) is 17.4 Å². The van der Waals surface area contributed by atoms with Crippen LogP contribution in [0.15, 0.2) is 12.1 Å². The van der Waals surface area contributed by atoms with Crippen LogP contribution in [0.3, 0.4) is 0 Å². The Labute approximate surface area is 98.7 Å². The van der Waals surface area contributed by atoms with Gasteiger partial charge in [-0.3, -0.25) is 4.90 Å². The third kappa shape index (κ3) is 3.92. The van der Waals surface area contributed by atoms with Gasteiger partial charge in [-0.2, -0.15) is 0 Å². The molecular weight excluding hydrogens is 236 g/mol. The lowest BCUT2D eigenvalue weighted by molar-refractivity contribution is 0.324. The van der Waals surface area contributed by atoms with Crippen LogP contribution in [-0.4, -0.2) is 23.0 Å². The van der Waals surface area contributed by atoms with E-state index in [1.54, 1.807) is 11.3 Å². The molecule has 0 aliphatic carbocycles. The van der Waals surface area contributed by atoms with Gasteiger partial charge in [-0.1, -0.05) is 30.7 Å². The molecule has 0 bridgehead atoms. The van der Waals surface area contributed by atoms with Gasteiger partial charge >= 0.3 is 0 Å². The summed E-state index contributed by atoms with van der Waals surface area (Å²) in [6, 6.07) is 3.95. The highest BCUT2D eigenvalue weighted by Gasteiger charge is 2.06. The standard InChI is InChI=1S/C9H13ClN2S2/c1-2-12(6-9(11)13)5-7-3-4-8(10)14-7/h3-4H,2,5-6H2,1H3,(H2,11,13). The second kappa shape index (κ2) is 5.66. The number of likely N-dealkylation sites (N-methyl/N-ethyl adjacent to an activating group) is 1. The van der Waals surface area contributed by atoms with Crippen molar-refractivity contribution in [3.8, 4) is 0 Å². The Bertz CT molecular complexity index is 312. The van der Waals surface area contributed by atoms with Crippen molar-refractivity contribution >= 4 is 40.1 Å². The van der Waals surface area contributed by atoms with Crippen LogP contribution in [0, 0.1) is 0 Å². The van der Waals surface area contributed by atoms with E-state index >= 15 is 0 Å². The van der Waals surface area contributed by atoms with E-state index in [1.165, 1.54) is 4.88 Å². The lowest BCUT2D eigenvalue weighted by atomic mass is 10.4. The Morgan fingerprint density at radius 3 is 2.79 bits per heavy atom. The molecule has 0 spiro atoms. The van der Waals surface area contributed by atoms with Gasteiger partial charge in [0.25, 0.3) is 0 Å². The van der Waals surface area contributed by atoms with Gasteiger partial charge in [-0.05, 0) is 18.7 Å². The number of halogens is 1.